The summed E-state index contributed by atoms with van der Waals surface area (Å²) in [6, 6.07) is 0. The standard InChI is InChI=1S/C10H17NO3/c1-7(2)5-8(12)11-6-10(3-4-10)9(13)14/h7H,3-6H2,1-2H3,(H,11,12)(H,13,14). The summed E-state index contributed by atoms with van der Waals surface area (Å²) in [5.41, 5.74) is -0.646. The third-order valence-corrected chi connectivity index (χ3v) is 2.52. The molecular weight excluding hydrogens is 182 g/mol. The van der Waals surface area contributed by atoms with E-state index >= 15 is 0 Å². The second kappa shape index (κ2) is 3.98. The summed E-state index contributed by atoms with van der Waals surface area (Å²) in [5, 5.41) is 11.5. The minimum atomic E-state index is -0.789. The first-order valence-electron chi connectivity index (χ1n) is 4.96. The van der Waals surface area contributed by atoms with Crippen LogP contribution in [0, 0.1) is 11.3 Å². The number of rotatable bonds is 5. The molecule has 0 aromatic carbocycles. The summed E-state index contributed by atoms with van der Waals surface area (Å²) in [6.45, 7) is 4.21. The fourth-order valence-electron chi connectivity index (χ4n) is 1.33. The van der Waals surface area contributed by atoms with Crippen LogP contribution in [0.15, 0.2) is 0 Å². The molecule has 0 aliphatic heterocycles. The van der Waals surface area contributed by atoms with Crippen LogP contribution in [-0.4, -0.2) is 23.5 Å². The lowest BCUT2D eigenvalue weighted by Gasteiger charge is -2.11. The second-order valence-electron chi connectivity index (χ2n) is 4.46. The first-order chi connectivity index (χ1) is 6.46. The number of carbonyl (C=O) groups is 2. The van der Waals surface area contributed by atoms with E-state index in [9.17, 15) is 9.59 Å². The first kappa shape index (κ1) is 11.0. The van der Waals surface area contributed by atoms with E-state index in [2.05, 4.69) is 5.32 Å². The van der Waals surface area contributed by atoms with Gasteiger partial charge < -0.3 is 10.4 Å². The molecule has 0 bridgehead atoms. The van der Waals surface area contributed by atoms with Crippen molar-refractivity contribution in [2.75, 3.05) is 6.54 Å². The molecular formula is C10H17NO3. The maximum atomic E-state index is 11.2. The molecule has 0 aromatic heterocycles. The van der Waals surface area contributed by atoms with E-state index in [0.717, 1.165) is 0 Å². The zero-order valence-corrected chi connectivity index (χ0v) is 8.67. The highest BCUT2D eigenvalue weighted by atomic mass is 16.4. The van der Waals surface area contributed by atoms with E-state index in [1.165, 1.54) is 0 Å². The van der Waals surface area contributed by atoms with Crippen LogP contribution in [-0.2, 0) is 9.59 Å². The second-order valence-corrected chi connectivity index (χ2v) is 4.46. The molecule has 80 valence electrons. The van der Waals surface area contributed by atoms with Crippen LogP contribution in [0.25, 0.3) is 0 Å². The number of aliphatic carboxylic acids is 1. The van der Waals surface area contributed by atoms with Crippen LogP contribution in [0.4, 0.5) is 0 Å². The van der Waals surface area contributed by atoms with E-state index in [1.54, 1.807) is 0 Å². The van der Waals surface area contributed by atoms with Crippen molar-refractivity contribution in [3.8, 4) is 0 Å². The lowest BCUT2D eigenvalue weighted by Crippen LogP contribution is -2.34. The van der Waals surface area contributed by atoms with Crippen LogP contribution in [0.3, 0.4) is 0 Å². The lowest BCUT2D eigenvalue weighted by molar-refractivity contribution is -0.143. The van der Waals surface area contributed by atoms with Gasteiger partial charge in [0.25, 0.3) is 0 Å². The minimum absolute atomic E-state index is 0.0486. The Bertz CT molecular complexity index is 244. The average molecular weight is 199 g/mol. The van der Waals surface area contributed by atoms with Crippen molar-refractivity contribution in [2.24, 2.45) is 11.3 Å². The molecule has 4 nitrogen and oxygen atoms in total. The van der Waals surface area contributed by atoms with Crippen molar-refractivity contribution < 1.29 is 14.7 Å². The number of carboxylic acid groups (broad SMARTS) is 1. The molecule has 1 amide bonds. The van der Waals surface area contributed by atoms with E-state index in [-0.39, 0.29) is 12.5 Å². The SMILES string of the molecule is CC(C)CC(=O)NCC1(C(=O)O)CC1. The van der Waals surface area contributed by atoms with E-state index in [0.29, 0.717) is 25.2 Å². The van der Waals surface area contributed by atoms with Gasteiger partial charge in [0.2, 0.25) is 5.91 Å². The topological polar surface area (TPSA) is 66.4 Å². The molecule has 1 rings (SSSR count). The molecule has 0 radical (unpaired) electrons. The molecule has 0 spiro atoms. The number of carboxylic acids is 1. The molecule has 1 saturated carbocycles. The Morgan fingerprint density at radius 2 is 2.00 bits per heavy atom. The van der Waals surface area contributed by atoms with Gasteiger partial charge in [0, 0.05) is 13.0 Å². The minimum Gasteiger partial charge on any atom is -0.481 e. The summed E-state index contributed by atoms with van der Waals surface area (Å²) in [6.07, 6.45) is 1.84. The molecule has 4 heteroatoms. The van der Waals surface area contributed by atoms with Crippen molar-refractivity contribution in [1.82, 2.24) is 5.32 Å². The van der Waals surface area contributed by atoms with Crippen molar-refractivity contribution in [3.05, 3.63) is 0 Å². The molecule has 0 aromatic rings. The molecule has 0 saturated heterocycles. The van der Waals surface area contributed by atoms with Gasteiger partial charge >= 0.3 is 5.97 Å². The predicted molar refractivity (Wildman–Crippen MR) is 51.8 cm³/mol. The summed E-state index contributed by atoms with van der Waals surface area (Å²) in [7, 11) is 0. The molecule has 0 atom stereocenters. The normalized spacial score (nSPS) is 17.9. The van der Waals surface area contributed by atoms with Gasteiger partial charge in [-0.1, -0.05) is 13.8 Å². The molecule has 2 N–H and O–H groups in total. The Morgan fingerprint density at radius 3 is 2.36 bits per heavy atom. The third-order valence-electron chi connectivity index (χ3n) is 2.52. The molecule has 1 fully saturated rings. The smallest absolute Gasteiger partial charge is 0.311 e. The Hall–Kier alpha value is -1.06. The molecule has 14 heavy (non-hydrogen) atoms. The Balaban J connectivity index is 2.27. The van der Waals surface area contributed by atoms with Gasteiger partial charge in [0.05, 0.1) is 5.41 Å². The van der Waals surface area contributed by atoms with Gasteiger partial charge in [0.15, 0.2) is 0 Å². The third kappa shape index (κ3) is 2.72. The first-order valence-corrected chi connectivity index (χ1v) is 4.96. The zero-order chi connectivity index (χ0) is 10.8. The monoisotopic (exact) mass is 199 g/mol. The van der Waals surface area contributed by atoms with Crippen LogP contribution in [0.1, 0.15) is 33.1 Å². The molecule has 0 unspecified atom stereocenters. The number of amides is 1. The van der Waals surface area contributed by atoms with Crippen LogP contribution >= 0.6 is 0 Å². The lowest BCUT2D eigenvalue weighted by atomic mass is 10.1. The highest BCUT2D eigenvalue weighted by molar-refractivity contribution is 5.80. The number of nitrogens with one attached hydrogen (secondary N) is 1. The summed E-state index contributed by atoms with van der Waals surface area (Å²) >= 11 is 0. The van der Waals surface area contributed by atoms with E-state index in [1.807, 2.05) is 13.8 Å². The van der Waals surface area contributed by atoms with Crippen molar-refractivity contribution in [2.45, 2.75) is 33.1 Å². The summed E-state index contributed by atoms with van der Waals surface area (Å²) in [4.78, 5) is 22.0. The van der Waals surface area contributed by atoms with Crippen LogP contribution in [0.5, 0.6) is 0 Å². The molecule has 1 aliphatic carbocycles. The average Bonchev–Trinajstić information content (AvgIpc) is 2.79. The Labute approximate surface area is 83.7 Å². The highest BCUT2D eigenvalue weighted by Crippen LogP contribution is 2.45. The fraction of sp³-hybridized carbons (Fsp3) is 0.800. The van der Waals surface area contributed by atoms with Crippen molar-refractivity contribution in [1.29, 1.82) is 0 Å². The highest BCUT2D eigenvalue weighted by Gasteiger charge is 2.50. The molecule has 1 aliphatic rings. The van der Waals surface area contributed by atoms with Gasteiger partial charge in [-0.05, 0) is 18.8 Å². The largest absolute Gasteiger partial charge is 0.481 e. The summed E-state index contributed by atoms with van der Waals surface area (Å²) in [5.74, 6) is -0.523. The summed E-state index contributed by atoms with van der Waals surface area (Å²) < 4.78 is 0. The van der Waals surface area contributed by atoms with Gasteiger partial charge in [-0.25, -0.2) is 0 Å². The Morgan fingerprint density at radius 1 is 1.43 bits per heavy atom. The van der Waals surface area contributed by atoms with Gasteiger partial charge in [-0.15, -0.1) is 0 Å². The van der Waals surface area contributed by atoms with Gasteiger partial charge in [-0.3, -0.25) is 9.59 Å². The van der Waals surface area contributed by atoms with Gasteiger partial charge in [-0.2, -0.15) is 0 Å². The number of hydrogen-bond acceptors (Lipinski definition) is 2. The quantitative estimate of drug-likeness (QED) is 0.694. The maximum Gasteiger partial charge on any atom is 0.311 e. The molecule has 0 heterocycles. The van der Waals surface area contributed by atoms with E-state index in [4.69, 9.17) is 5.11 Å². The predicted octanol–water partition coefficient (Wildman–Crippen LogP) is 1.01. The maximum absolute atomic E-state index is 11.2. The van der Waals surface area contributed by atoms with Crippen LogP contribution < -0.4 is 5.32 Å². The van der Waals surface area contributed by atoms with E-state index < -0.39 is 11.4 Å². The van der Waals surface area contributed by atoms with Crippen molar-refractivity contribution >= 4 is 11.9 Å². The fourth-order valence-corrected chi connectivity index (χ4v) is 1.33. The zero-order valence-electron chi connectivity index (χ0n) is 8.67. The van der Waals surface area contributed by atoms with Gasteiger partial charge in [0.1, 0.15) is 0 Å². The van der Waals surface area contributed by atoms with Crippen molar-refractivity contribution in [3.63, 3.8) is 0 Å². The number of carbonyl (C=O) groups excluding carboxylic acids is 1. The Kier molecular flexibility index (Phi) is 3.13. The van der Waals surface area contributed by atoms with Crippen LogP contribution in [0.2, 0.25) is 0 Å². The number of hydrogen-bond donors (Lipinski definition) is 2.